The molecule has 0 bridgehead atoms. The average molecular weight is 220 g/mol. The Bertz CT molecular complexity index is 565. The smallest absolute Gasteiger partial charge is 0.156 e. The highest BCUT2D eigenvalue weighted by Gasteiger charge is 2.05. The molecular formula is C10H6ClN3O. The van der Waals surface area contributed by atoms with E-state index in [1.54, 1.807) is 6.20 Å². The molecule has 2 aromatic rings. The number of fused-ring (bicyclic) bond motifs is 1. The lowest BCUT2D eigenvalue weighted by Crippen LogP contribution is -1.82. The molecular weight excluding hydrogens is 214 g/mol. The fourth-order valence-electron chi connectivity index (χ4n) is 1.19. The van der Waals surface area contributed by atoms with Crippen LogP contribution in [0.4, 0.5) is 0 Å². The zero-order chi connectivity index (χ0) is 10.7. The van der Waals surface area contributed by atoms with Gasteiger partial charge in [-0.1, -0.05) is 23.4 Å². The quantitative estimate of drug-likeness (QED) is 0.450. The molecule has 5 heteroatoms. The standard InChI is InChI=1S/C10H6ClN3O/c11-10-9-8(13-6-14-10)7(5-12-9)3-1-2-4-15/h4-6,12H,2H2. The van der Waals surface area contributed by atoms with Gasteiger partial charge in [-0.3, -0.25) is 0 Å². The van der Waals surface area contributed by atoms with E-state index in [4.69, 9.17) is 11.6 Å². The molecule has 0 atom stereocenters. The highest BCUT2D eigenvalue weighted by Crippen LogP contribution is 2.19. The molecule has 2 rings (SSSR count). The number of halogens is 1. The predicted molar refractivity (Wildman–Crippen MR) is 56.5 cm³/mol. The van der Waals surface area contributed by atoms with Gasteiger partial charge in [-0.2, -0.15) is 0 Å². The summed E-state index contributed by atoms with van der Waals surface area (Å²) in [6.07, 6.45) is 4.04. The zero-order valence-electron chi connectivity index (χ0n) is 7.62. The number of hydrogen-bond donors (Lipinski definition) is 1. The van der Waals surface area contributed by atoms with Crippen LogP contribution in [0.5, 0.6) is 0 Å². The molecule has 1 N–H and O–H groups in total. The molecule has 0 spiro atoms. The van der Waals surface area contributed by atoms with Crippen LogP contribution < -0.4 is 0 Å². The summed E-state index contributed by atoms with van der Waals surface area (Å²) < 4.78 is 0. The second-order valence-electron chi connectivity index (χ2n) is 2.76. The van der Waals surface area contributed by atoms with Gasteiger partial charge in [0, 0.05) is 6.20 Å². The Morgan fingerprint density at radius 2 is 2.40 bits per heavy atom. The first-order chi connectivity index (χ1) is 7.33. The normalized spacial score (nSPS) is 9.67. The molecule has 2 heterocycles. The Kier molecular flexibility index (Phi) is 2.66. The molecule has 2 aromatic heterocycles. The van der Waals surface area contributed by atoms with Crippen molar-refractivity contribution < 1.29 is 4.79 Å². The van der Waals surface area contributed by atoms with Crippen LogP contribution >= 0.6 is 11.6 Å². The van der Waals surface area contributed by atoms with Gasteiger partial charge in [0.25, 0.3) is 0 Å². The second-order valence-corrected chi connectivity index (χ2v) is 3.12. The summed E-state index contributed by atoms with van der Waals surface area (Å²) in [5.74, 6) is 5.54. The number of carbonyl (C=O) groups is 1. The summed E-state index contributed by atoms with van der Waals surface area (Å²) in [6.45, 7) is 0. The summed E-state index contributed by atoms with van der Waals surface area (Å²) in [5.41, 5.74) is 2.05. The van der Waals surface area contributed by atoms with Crippen LogP contribution in [0, 0.1) is 11.8 Å². The SMILES string of the molecule is O=CCC#Cc1c[nH]c2c(Cl)ncnc12. The van der Waals surface area contributed by atoms with Gasteiger partial charge in [-0.25, -0.2) is 9.97 Å². The molecule has 15 heavy (non-hydrogen) atoms. The monoisotopic (exact) mass is 219 g/mol. The van der Waals surface area contributed by atoms with E-state index in [1.807, 2.05) is 0 Å². The van der Waals surface area contributed by atoms with Crippen LogP contribution in [0.2, 0.25) is 5.15 Å². The van der Waals surface area contributed by atoms with Crippen molar-refractivity contribution >= 4 is 28.9 Å². The third kappa shape index (κ3) is 1.83. The first kappa shape index (κ1) is 9.69. The largest absolute Gasteiger partial charge is 0.356 e. The van der Waals surface area contributed by atoms with Crippen LogP contribution in [0.3, 0.4) is 0 Å². The first-order valence-electron chi connectivity index (χ1n) is 4.23. The molecule has 0 aliphatic rings. The number of hydrogen-bond acceptors (Lipinski definition) is 3. The summed E-state index contributed by atoms with van der Waals surface area (Å²) in [7, 11) is 0. The van der Waals surface area contributed by atoms with E-state index in [9.17, 15) is 4.79 Å². The third-order valence-electron chi connectivity index (χ3n) is 1.83. The zero-order valence-corrected chi connectivity index (χ0v) is 8.38. The van der Waals surface area contributed by atoms with Crippen molar-refractivity contribution in [3.05, 3.63) is 23.2 Å². The van der Waals surface area contributed by atoms with Crippen LogP contribution in [-0.2, 0) is 4.79 Å². The van der Waals surface area contributed by atoms with Crippen molar-refractivity contribution in [1.82, 2.24) is 15.0 Å². The number of aromatic nitrogens is 3. The van der Waals surface area contributed by atoms with E-state index in [2.05, 4.69) is 26.8 Å². The van der Waals surface area contributed by atoms with Crippen LogP contribution in [0.25, 0.3) is 11.0 Å². The Morgan fingerprint density at radius 3 is 3.20 bits per heavy atom. The number of rotatable bonds is 1. The molecule has 0 saturated carbocycles. The fourth-order valence-corrected chi connectivity index (χ4v) is 1.38. The van der Waals surface area contributed by atoms with Crippen molar-refractivity contribution in [2.75, 3.05) is 0 Å². The third-order valence-corrected chi connectivity index (χ3v) is 2.11. The molecule has 0 amide bonds. The summed E-state index contributed by atoms with van der Waals surface area (Å²) >= 11 is 5.84. The second kappa shape index (κ2) is 4.11. The molecule has 0 aliphatic heterocycles. The summed E-state index contributed by atoms with van der Waals surface area (Å²) in [6, 6.07) is 0. The van der Waals surface area contributed by atoms with Crippen LogP contribution in [0.15, 0.2) is 12.5 Å². The van der Waals surface area contributed by atoms with E-state index in [0.29, 0.717) is 16.2 Å². The van der Waals surface area contributed by atoms with Crippen molar-refractivity contribution in [1.29, 1.82) is 0 Å². The summed E-state index contributed by atoms with van der Waals surface area (Å²) in [4.78, 5) is 20.9. The minimum Gasteiger partial charge on any atom is -0.356 e. The first-order valence-corrected chi connectivity index (χ1v) is 4.61. The number of aromatic amines is 1. The fraction of sp³-hybridized carbons (Fsp3) is 0.100. The van der Waals surface area contributed by atoms with E-state index in [-0.39, 0.29) is 6.42 Å². The maximum Gasteiger partial charge on any atom is 0.156 e. The Morgan fingerprint density at radius 1 is 1.53 bits per heavy atom. The topological polar surface area (TPSA) is 58.6 Å². The molecule has 0 aliphatic carbocycles. The highest BCUT2D eigenvalue weighted by molar-refractivity contribution is 6.33. The van der Waals surface area contributed by atoms with Crippen molar-refractivity contribution in [2.24, 2.45) is 0 Å². The molecule has 0 aromatic carbocycles. The van der Waals surface area contributed by atoms with Crippen LogP contribution in [0.1, 0.15) is 12.0 Å². The molecule has 4 nitrogen and oxygen atoms in total. The van der Waals surface area contributed by atoms with E-state index in [0.717, 1.165) is 11.8 Å². The van der Waals surface area contributed by atoms with Gasteiger partial charge in [-0.15, -0.1) is 0 Å². The maximum atomic E-state index is 10.1. The lowest BCUT2D eigenvalue weighted by molar-refractivity contribution is -0.107. The minimum atomic E-state index is 0.214. The van der Waals surface area contributed by atoms with Gasteiger partial charge in [0.05, 0.1) is 12.0 Å². The van der Waals surface area contributed by atoms with Gasteiger partial charge in [0.1, 0.15) is 23.6 Å². The Balaban J connectivity index is 2.51. The predicted octanol–water partition coefficient (Wildman–Crippen LogP) is 1.55. The van der Waals surface area contributed by atoms with Crippen molar-refractivity contribution in [2.45, 2.75) is 6.42 Å². The number of aldehydes is 1. The Labute approximate surface area is 90.7 Å². The van der Waals surface area contributed by atoms with Gasteiger partial charge < -0.3 is 9.78 Å². The van der Waals surface area contributed by atoms with E-state index in [1.165, 1.54) is 6.33 Å². The molecule has 0 saturated heterocycles. The van der Waals surface area contributed by atoms with E-state index < -0.39 is 0 Å². The van der Waals surface area contributed by atoms with Gasteiger partial charge >= 0.3 is 0 Å². The van der Waals surface area contributed by atoms with Gasteiger partial charge in [0.2, 0.25) is 0 Å². The Hall–Kier alpha value is -1.86. The van der Waals surface area contributed by atoms with Gasteiger partial charge in [-0.05, 0) is 0 Å². The van der Waals surface area contributed by atoms with Crippen molar-refractivity contribution in [3.8, 4) is 11.8 Å². The van der Waals surface area contributed by atoms with Crippen LogP contribution in [-0.4, -0.2) is 21.2 Å². The maximum absolute atomic E-state index is 10.1. The minimum absolute atomic E-state index is 0.214. The van der Waals surface area contributed by atoms with E-state index >= 15 is 0 Å². The van der Waals surface area contributed by atoms with Crippen molar-refractivity contribution in [3.63, 3.8) is 0 Å². The summed E-state index contributed by atoms with van der Waals surface area (Å²) in [5, 5.41) is 0.364. The molecule has 0 unspecified atom stereocenters. The average Bonchev–Trinajstić information content (AvgIpc) is 2.64. The molecule has 74 valence electrons. The molecule has 0 radical (unpaired) electrons. The molecule has 0 fully saturated rings. The number of carbonyl (C=O) groups excluding carboxylic acids is 1. The highest BCUT2D eigenvalue weighted by atomic mass is 35.5. The van der Waals surface area contributed by atoms with Gasteiger partial charge in [0.15, 0.2) is 5.15 Å². The lowest BCUT2D eigenvalue weighted by atomic mass is 10.3. The lowest BCUT2D eigenvalue weighted by Gasteiger charge is -1.90. The number of nitrogens with zero attached hydrogens (tertiary/aromatic N) is 2. The number of H-pyrrole nitrogens is 1. The number of nitrogens with one attached hydrogen (secondary N) is 1.